The number of rotatable bonds is 1. The Labute approximate surface area is 97.1 Å². The number of hydrogen-bond donors (Lipinski definition) is 3. The SMILES string of the molecule is Nc1cn2ccnc2c(N2CC(O)C(O)C2)n1. The van der Waals surface area contributed by atoms with E-state index < -0.39 is 12.2 Å². The van der Waals surface area contributed by atoms with Gasteiger partial charge in [-0.1, -0.05) is 0 Å². The van der Waals surface area contributed by atoms with Crippen LogP contribution in [0, 0.1) is 0 Å². The molecule has 0 amide bonds. The molecule has 0 radical (unpaired) electrons. The van der Waals surface area contributed by atoms with Gasteiger partial charge in [-0.15, -0.1) is 0 Å². The third-order valence-electron chi connectivity index (χ3n) is 2.93. The maximum atomic E-state index is 9.54. The molecule has 4 N–H and O–H groups in total. The lowest BCUT2D eigenvalue weighted by atomic mass is 10.3. The average Bonchev–Trinajstić information content (AvgIpc) is 2.85. The van der Waals surface area contributed by atoms with Crippen LogP contribution < -0.4 is 10.6 Å². The molecule has 0 aromatic carbocycles. The summed E-state index contributed by atoms with van der Waals surface area (Å²) in [5.41, 5.74) is 6.38. The lowest BCUT2D eigenvalue weighted by Crippen LogP contribution is -2.23. The van der Waals surface area contributed by atoms with Crippen LogP contribution in [0.1, 0.15) is 0 Å². The maximum absolute atomic E-state index is 9.54. The minimum absolute atomic E-state index is 0.333. The summed E-state index contributed by atoms with van der Waals surface area (Å²) in [5.74, 6) is 0.965. The number of imidazole rings is 1. The first-order valence-corrected chi connectivity index (χ1v) is 5.35. The molecule has 0 aliphatic carbocycles. The number of nitrogens with two attached hydrogens (primary N) is 1. The second-order valence-electron chi connectivity index (χ2n) is 4.19. The molecule has 1 saturated heterocycles. The molecule has 1 fully saturated rings. The number of anilines is 2. The molecule has 0 saturated carbocycles. The van der Waals surface area contributed by atoms with Crippen LogP contribution in [0.3, 0.4) is 0 Å². The predicted octanol–water partition coefficient (Wildman–Crippen LogP) is -1.15. The monoisotopic (exact) mass is 235 g/mol. The molecule has 2 atom stereocenters. The van der Waals surface area contributed by atoms with Gasteiger partial charge in [0, 0.05) is 25.5 Å². The van der Waals surface area contributed by atoms with Crippen molar-refractivity contribution in [3.63, 3.8) is 0 Å². The third kappa shape index (κ3) is 1.60. The number of nitrogens with zero attached hydrogens (tertiary/aromatic N) is 4. The fraction of sp³-hybridized carbons (Fsp3) is 0.400. The minimum atomic E-state index is -0.756. The highest BCUT2D eigenvalue weighted by Crippen LogP contribution is 2.23. The van der Waals surface area contributed by atoms with Crippen LogP contribution >= 0.6 is 0 Å². The van der Waals surface area contributed by atoms with Crippen LogP contribution in [0.15, 0.2) is 18.6 Å². The van der Waals surface area contributed by atoms with E-state index in [0.717, 1.165) is 0 Å². The Bertz CT molecular complexity index is 545. The van der Waals surface area contributed by atoms with Gasteiger partial charge < -0.3 is 25.2 Å². The van der Waals surface area contributed by atoms with Crippen molar-refractivity contribution < 1.29 is 10.2 Å². The topological polar surface area (TPSA) is 99.9 Å². The van der Waals surface area contributed by atoms with Gasteiger partial charge in [-0.25, -0.2) is 9.97 Å². The standard InChI is InChI=1S/C10H13N5O2/c11-8-5-14-2-1-12-9(14)10(13-8)15-3-6(16)7(17)4-15/h1-2,5-7,16-17H,3-4,11H2. The van der Waals surface area contributed by atoms with E-state index in [-0.39, 0.29) is 0 Å². The Morgan fingerprint density at radius 3 is 2.71 bits per heavy atom. The van der Waals surface area contributed by atoms with Crippen molar-refractivity contribution >= 4 is 17.3 Å². The van der Waals surface area contributed by atoms with Crippen molar-refractivity contribution in [3.8, 4) is 0 Å². The largest absolute Gasteiger partial charge is 0.389 e. The summed E-state index contributed by atoms with van der Waals surface area (Å²) in [5, 5.41) is 19.1. The zero-order valence-corrected chi connectivity index (χ0v) is 9.06. The summed E-state index contributed by atoms with van der Waals surface area (Å²) >= 11 is 0. The summed E-state index contributed by atoms with van der Waals surface area (Å²) in [6.07, 6.45) is 3.60. The van der Waals surface area contributed by atoms with E-state index in [9.17, 15) is 10.2 Å². The number of nitrogen functional groups attached to an aromatic ring is 1. The number of β-amino-alcohol motifs (C(OH)–C–C–N with tert-alkyl or cyclic N) is 2. The van der Waals surface area contributed by atoms with Gasteiger partial charge in [0.2, 0.25) is 0 Å². The Balaban J connectivity index is 2.08. The Kier molecular flexibility index (Phi) is 2.17. The van der Waals surface area contributed by atoms with Gasteiger partial charge in [-0.2, -0.15) is 0 Å². The van der Waals surface area contributed by atoms with E-state index in [0.29, 0.717) is 30.4 Å². The van der Waals surface area contributed by atoms with Gasteiger partial charge in [0.15, 0.2) is 11.5 Å². The zero-order chi connectivity index (χ0) is 12.0. The summed E-state index contributed by atoms with van der Waals surface area (Å²) < 4.78 is 1.77. The second-order valence-corrected chi connectivity index (χ2v) is 4.19. The van der Waals surface area contributed by atoms with E-state index in [4.69, 9.17) is 5.73 Å². The van der Waals surface area contributed by atoms with E-state index in [1.165, 1.54) is 0 Å². The van der Waals surface area contributed by atoms with Gasteiger partial charge in [-0.3, -0.25) is 0 Å². The number of aromatic nitrogens is 3. The molecule has 90 valence electrons. The number of aliphatic hydroxyl groups excluding tert-OH is 2. The fourth-order valence-corrected chi connectivity index (χ4v) is 2.09. The highest BCUT2D eigenvalue weighted by atomic mass is 16.3. The molecule has 3 rings (SSSR count). The van der Waals surface area contributed by atoms with E-state index in [1.54, 1.807) is 27.9 Å². The van der Waals surface area contributed by atoms with E-state index >= 15 is 0 Å². The minimum Gasteiger partial charge on any atom is -0.389 e. The molecule has 7 heteroatoms. The van der Waals surface area contributed by atoms with E-state index in [1.807, 2.05) is 0 Å². The number of fused-ring (bicyclic) bond motifs is 1. The number of aliphatic hydroxyl groups is 2. The molecule has 0 bridgehead atoms. The molecule has 2 aromatic rings. The first-order valence-electron chi connectivity index (χ1n) is 5.35. The summed E-state index contributed by atoms with van der Waals surface area (Å²) in [4.78, 5) is 10.2. The van der Waals surface area contributed by atoms with Gasteiger partial charge in [0.25, 0.3) is 0 Å². The average molecular weight is 235 g/mol. The molecular weight excluding hydrogens is 222 g/mol. The summed E-state index contributed by atoms with van der Waals surface area (Å²) in [6, 6.07) is 0. The lowest BCUT2D eigenvalue weighted by Gasteiger charge is -2.17. The molecule has 2 aromatic heterocycles. The van der Waals surface area contributed by atoms with Crippen LogP contribution in [0.5, 0.6) is 0 Å². The number of hydrogen-bond acceptors (Lipinski definition) is 6. The molecule has 2 unspecified atom stereocenters. The van der Waals surface area contributed by atoms with Gasteiger partial charge >= 0.3 is 0 Å². The van der Waals surface area contributed by atoms with Crippen molar-refractivity contribution in [2.24, 2.45) is 0 Å². The molecule has 0 spiro atoms. The van der Waals surface area contributed by atoms with Crippen LogP contribution in [-0.4, -0.2) is 49.9 Å². The van der Waals surface area contributed by atoms with Gasteiger partial charge in [0.1, 0.15) is 5.82 Å². The van der Waals surface area contributed by atoms with Crippen molar-refractivity contribution in [2.45, 2.75) is 12.2 Å². The first kappa shape index (κ1) is 10.3. The molecule has 1 aliphatic heterocycles. The highest BCUT2D eigenvalue weighted by Gasteiger charge is 2.31. The first-order chi connectivity index (χ1) is 8.15. The normalized spacial score (nSPS) is 24.7. The third-order valence-corrected chi connectivity index (χ3v) is 2.93. The molecular formula is C10H13N5O2. The van der Waals surface area contributed by atoms with Gasteiger partial charge in [-0.05, 0) is 0 Å². The molecule has 7 nitrogen and oxygen atoms in total. The highest BCUT2D eigenvalue weighted by molar-refractivity contribution is 5.67. The van der Waals surface area contributed by atoms with Crippen molar-refractivity contribution in [3.05, 3.63) is 18.6 Å². The Hall–Kier alpha value is -1.86. The van der Waals surface area contributed by atoms with Crippen molar-refractivity contribution in [2.75, 3.05) is 23.7 Å². The Morgan fingerprint density at radius 1 is 1.29 bits per heavy atom. The van der Waals surface area contributed by atoms with Crippen molar-refractivity contribution in [1.29, 1.82) is 0 Å². The fourth-order valence-electron chi connectivity index (χ4n) is 2.09. The van der Waals surface area contributed by atoms with E-state index in [2.05, 4.69) is 9.97 Å². The molecule has 1 aliphatic rings. The van der Waals surface area contributed by atoms with Gasteiger partial charge in [0.05, 0.1) is 18.4 Å². The summed E-state index contributed by atoms with van der Waals surface area (Å²) in [7, 11) is 0. The van der Waals surface area contributed by atoms with Crippen molar-refractivity contribution in [1.82, 2.24) is 14.4 Å². The predicted molar refractivity (Wildman–Crippen MR) is 61.6 cm³/mol. The second kappa shape index (κ2) is 3.57. The molecule has 3 heterocycles. The smallest absolute Gasteiger partial charge is 0.180 e. The van der Waals surface area contributed by atoms with Crippen LogP contribution in [0.4, 0.5) is 11.6 Å². The maximum Gasteiger partial charge on any atom is 0.180 e. The Morgan fingerprint density at radius 2 is 2.00 bits per heavy atom. The molecule has 17 heavy (non-hydrogen) atoms. The zero-order valence-electron chi connectivity index (χ0n) is 9.06. The van der Waals surface area contributed by atoms with Crippen LogP contribution in [0.25, 0.3) is 5.65 Å². The van der Waals surface area contributed by atoms with Crippen LogP contribution in [-0.2, 0) is 0 Å². The van der Waals surface area contributed by atoms with Crippen LogP contribution in [0.2, 0.25) is 0 Å². The lowest BCUT2D eigenvalue weighted by molar-refractivity contribution is 0.0572. The summed E-state index contributed by atoms with van der Waals surface area (Å²) in [6.45, 7) is 0.667. The quantitative estimate of drug-likeness (QED) is 0.577.